The number of nitrogens with zero attached hydrogens (tertiary/aromatic N) is 1. The molecule has 2 rings (SSSR count). The number of carboxylic acids is 1. The molecule has 0 unspecified atom stereocenters. The molecule has 0 aliphatic carbocycles. The Morgan fingerprint density at radius 2 is 1.33 bits per heavy atom. The third kappa shape index (κ3) is 5.60. The van der Waals surface area contributed by atoms with Crippen LogP contribution >= 0.6 is 0 Å². The van der Waals surface area contributed by atoms with Crippen LogP contribution in [0.25, 0.3) is 0 Å². The lowest BCUT2D eigenvalue weighted by atomic mass is 9.78. The van der Waals surface area contributed by atoms with Crippen LogP contribution in [-0.2, 0) is 10.8 Å². The van der Waals surface area contributed by atoms with E-state index in [1.807, 2.05) is 26.2 Å². The largest absolute Gasteiger partial charge is 0.478 e. The second kappa shape index (κ2) is 8.48. The van der Waals surface area contributed by atoms with E-state index in [2.05, 4.69) is 46.9 Å². The van der Waals surface area contributed by atoms with Crippen molar-refractivity contribution in [2.24, 2.45) is 0 Å². The lowest BCUT2D eigenvalue weighted by Gasteiger charge is -2.31. The number of hydrogen-bond donors (Lipinski definition) is 2. The van der Waals surface area contributed by atoms with Crippen LogP contribution in [0.3, 0.4) is 0 Å². The monoisotopic (exact) mass is 412 g/mol. The van der Waals surface area contributed by atoms with Gasteiger partial charge in [-0.3, -0.25) is 4.79 Å². The molecule has 0 aromatic heterocycles. The second-order valence-corrected chi connectivity index (χ2v) is 9.64. The molecule has 0 saturated carbocycles. The predicted molar refractivity (Wildman–Crippen MR) is 120 cm³/mol. The van der Waals surface area contributed by atoms with Gasteiger partial charge in [-0.1, -0.05) is 41.5 Å². The number of nitrogens with one attached hydrogen (secondary N) is 1. The van der Waals surface area contributed by atoms with Crippen LogP contribution in [0.5, 0.6) is 5.75 Å². The van der Waals surface area contributed by atoms with Crippen LogP contribution in [-0.4, -0.2) is 36.1 Å². The summed E-state index contributed by atoms with van der Waals surface area (Å²) in [6.07, 6.45) is 0. The van der Waals surface area contributed by atoms with Crippen LogP contribution in [0.1, 0.15) is 73.4 Å². The van der Waals surface area contributed by atoms with Crippen molar-refractivity contribution < 1.29 is 19.5 Å². The van der Waals surface area contributed by atoms with Gasteiger partial charge in [0, 0.05) is 36.5 Å². The van der Waals surface area contributed by atoms with Gasteiger partial charge < -0.3 is 15.3 Å². The second-order valence-electron chi connectivity index (χ2n) is 9.64. The maximum atomic E-state index is 13.0. The zero-order valence-electron chi connectivity index (χ0n) is 19.1. The smallest absolute Gasteiger partial charge is 0.335 e. The lowest BCUT2D eigenvalue weighted by Crippen LogP contribution is -2.26. The minimum absolute atomic E-state index is 0.170. The first-order valence-electron chi connectivity index (χ1n) is 9.89. The van der Waals surface area contributed by atoms with Crippen molar-refractivity contribution in [1.29, 1.82) is 0 Å². The summed E-state index contributed by atoms with van der Waals surface area (Å²) >= 11 is 0. The van der Waals surface area contributed by atoms with Gasteiger partial charge in [0.2, 0.25) is 0 Å². The van der Waals surface area contributed by atoms with Crippen LogP contribution in [0, 0.1) is 0 Å². The molecule has 0 radical (unpaired) electrons. The first kappa shape index (κ1) is 23.4. The number of rotatable bonds is 5. The molecule has 30 heavy (non-hydrogen) atoms. The summed E-state index contributed by atoms with van der Waals surface area (Å²) in [4.78, 5) is 30.1. The van der Waals surface area contributed by atoms with E-state index < -0.39 is 5.97 Å². The molecule has 0 aliphatic heterocycles. The molecule has 0 fully saturated rings. The third-order valence-corrected chi connectivity index (χ3v) is 4.63. The van der Waals surface area contributed by atoms with Gasteiger partial charge in [0.15, 0.2) is 5.75 Å². The maximum absolute atomic E-state index is 13.0. The van der Waals surface area contributed by atoms with Crippen molar-refractivity contribution in [3.63, 3.8) is 0 Å². The number of carbonyl (C=O) groups excluding carboxylic acids is 1. The maximum Gasteiger partial charge on any atom is 0.335 e. The molecule has 6 nitrogen and oxygen atoms in total. The summed E-state index contributed by atoms with van der Waals surface area (Å²) in [5.74, 6) is -0.498. The molecule has 2 N–H and O–H groups in total. The van der Waals surface area contributed by atoms with E-state index in [1.165, 1.54) is 12.1 Å². The fourth-order valence-electron chi connectivity index (χ4n) is 3.05. The summed E-state index contributed by atoms with van der Waals surface area (Å²) in [7, 11) is 3.67. The fraction of sp³-hybridized carbons (Fsp3) is 0.417. The lowest BCUT2D eigenvalue weighted by molar-refractivity contribution is -0.00706. The highest BCUT2D eigenvalue weighted by Crippen LogP contribution is 2.41. The molecule has 2 aromatic carbocycles. The Morgan fingerprint density at radius 1 is 0.867 bits per heavy atom. The Kier molecular flexibility index (Phi) is 6.62. The number of amides is 1. The zero-order valence-corrected chi connectivity index (χ0v) is 19.1. The summed E-state index contributed by atoms with van der Waals surface area (Å²) in [6, 6.07) is 9.84. The first-order chi connectivity index (χ1) is 13.7. The zero-order chi connectivity index (χ0) is 22.9. The highest BCUT2D eigenvalue weighted by Gasteiger charge is 2.30. The molecule has 0 heterocycles. The van der Waals surface area contributed by atoms with Crippen molar-refractivity contribution >= 4 is 17.6 Å². The molecule has 0 spiro atoms. The van der Waals surface area contributed by atoms with E-state index in [1.54, 1.807) is 17.2 Å². The SMILES string of the molecule is CN(C)Oc1c(C(C)(C)C)cc(C(=O)Nc2ccc(C(=O)O)cc2)cc1C(C)(C)C. The molecule has 0 aliphatic rings. The van der Waals surface area contributed by atoms with E-state index in [4.69, 9.17) is 9.94 Å². The van der Waals surface area contributed by atoms with Crippen LogP contribution in [0.2, 0.25) is 0 Å². The number of carbonyl (C=O) groups is 2. The minimum Gasteiger partial charge on any atom is -0.478 e. The number of anilines is 1. The van der Waals surface area contributed by atoms with E-state index in [0.29, 0.717) is 11.3 Å². The predicted octanol–water partition coefficient (Wildman–Crippen LogP) is 5.09. The standard InChI is InChI=1S/C24H32N2O4/c1-23(2,3)18-13-16(14-19(24(4,5)6)20(18)30-26(7)8)21(27)25-17-11-9-15(10-12-17)22(28)29/h9-14H,1-8H3,(H,25,27)(H,28,29). The third-order valence-electron chi connectivity index (χ3n) is 4.63. The molecular weight excluding hydrogens is 380 g/mol. The van der Waals surface area contributed by atoms with Crippen LogP contribution in [0.15, 0.2) is 36.4 Å². The van der Waals surface area contributed by atoms with E-state index >= 15 is 0 Å². The van der Waals surface area contributed by atoms with Gasteiger partial charge in [0.05, 0.1) is 5.56 Å². The fourth-order valence-corrected chi connectivity index (χ4v) is 3.05. The molecule has 162 valence electrons. The Hall–Kier alpha value is -2.86. The Morgan fingerprint density at radius 3 is 1.70 bits per heavy atom. The topological polar surface area (TPSA) is 78.9 Å². The Labute approximate surface area is 178 Å². The van der Waals surface area contributed by atoms with Crippen molar-refractivity contribution in [1.82, 2.24) is 5.06 Å². The van der Waals surface area contributed by atoms with E-state index in [-0.39, 0.29) is 22.3 Å². The van der Waals surface area contributed by atoms with Crippen molar-refractivity contribution in [2.75, 3.05) is 19.4 Å². The Bertz CT molecular complexity index is 898. The van der Waals surface area contributed by atoms with Gasteiger partial charge in [-0.2, -0.15) is 5.06 Å². The van der Waals surface area contributed by atoms with Crippen molar-refractivity contribution in [3.8, 4) is 5.75 Å². The highest BCUT2D eigenvalue weighted by atomic mass is 16.7. The molecular formula is C24H32N2O4. The normalized spacial score (nSPS) is 12.0. The van der Waals surface area contributed by atoms with Crippen molar-refractivity contribution in [2.45, 2.75) is 52.4 Å². The molecule has 2 aromatic rings. The number of aromatic carboxylic acids is 1. The average Bonchev–Trinajstić information content (AvgIpc) is 2.59. The summed E-state index contributed by atoms with van der Waals surface area (Å²) in [5, 5.41) is 13.5. The molecule has 1 amide bonds. The summed E-state index contributed by atoms with van der Waals surface area (Å²) < 4.78 is 0. The van der Waals surface area contributed by atoms with E-state index in [9.17, 15) is 9.59 Å². The number of hydrogen-bond acceptors (Lipinski definition) is 4. The Balaban J connectivity index is 2.53. The average molecular weight is 413 g/mol. The number of benzene rings is 2. The highest BCUT2D eigenvalue weighted by molar-refractivity contribution is 6.05. The van der Waals surface area contributed by atoms with Crippen LogP contribution in [0.4, 0.5) is 5.69 Å². The first-order valence-corrected chi connectivity index (χ1v) is 9.89. The summed E-state index contributed by atoms with van der Waals surface area (Å²) in [5.41, 5.74) is 2.62. The molecule has 6 heteroatoms. The summed E-state index contributed by atoms with van der Waals surface area (Å²) in [6.45, 7) is 12.5. The van der Waals surface area contributed by atoms with Gasteiger partial charge in [0.25, 0.3) is 5.91 Å². The van der Waals surface area contributed by atoms with Gasteiger partial charge >= 0.3 is 5.97 Å². The minimum atomic E-state index is -1.01. The van der Waals surface area contributed by atoms with Gasteiger partial charge in [-0.25, -0.2) is 4.79 Å². The molecule has 0 saturated heterocycles. The quantitative estimate of drug-likeness (QED) is 0.669. The molecule has 0 bridgehead atoms. The molecule has 0 atom stereocenters. The number of hydroxylamine groups is 2. The van der Waals surface area contributed by atoms with E-state index in [0.717, 1.165) is 16.9 Å². The van der Waals surface area contributed by atoms with Crippen LogP contribution < -0.4 is 10.2 Å². The van der Waals surface area contributed by atoms with Gasteiger partial charge in [-0.15, -0.1) is 0 Å². The van der Waals surface area contributed by atoms with Gasteiger partial charge in [0.1, 0.15) is 0 Å². The number of carboxylic acid groups (broad SMARTS) is 1. The van der Waals surface area contributed by atoms with Crippen molar-refractivity contribution in [3.05, 3.63) is 58.7 Å². The van der Waals surface area contributed by atoms with Gasteiger partial charge in [-0.05, 0) is 47.2 Å².